The van der Waals surface area contributed by atoms with Gasteiger partial charge in [-0.3, -0.25) is 9.69 Å². The molecule has 1 aliphatic carbocycles. The SMILES string of the molecule is Cc1c[nH]c2c(CN3CCC[C@H](C)C3)cc(C(=O)Nc3cccc(C4(c5nncn5C)CC(CC#N)C4)c3)nc12. The molecule has 4 heterocycles. The first kappa shape index (κ1) is 26.2. The molecule has 1 aliphatic heterocycles. The van der Waals surface area contributed by atoms with Gasteiger partial charge in [-0.15, -0.1) is 10.2 Å². The molecule has 2 fully saturated rings. The molecule has 1 aromatic carbocycles. The second kappa shape index (κ2) is 10.5. The van der Waals surface area contributed by atoms with E-state index in [9.17, 15) is 10.1 Å². The molecule has 9 nitrogen and oxygen atoms in total. The van der Waals surface area contributed by atoms with Crippen molar-refractivity contribution in [1.29, 1.82) is 5.26 Å². The Labute approximate surface area is 234 Å². The van der Waals surface area contributed by atoms with E-state index in [0.717, 1.165) is 66.0 Å². The van der Waals surface area contributed by atoms with E-state index in [1.165, 1.54) is 12.8 Å². The first-order valence-electron chi connectivity index (χ1n) is 14.2. The Kier molecular flexibility index (Phi) is 6.88. The van der Waals surface area contributed by atoms with Crippen molar-refractivity contribution in [2.24, 2.45) is 18.9 Å². The van der Waals surface area contributed by atoms with Crippen molar-refractivity contribution in [1.82, 2.24) is 29.6 Å². The number of nitriles is 1. The Morgan fingerprint density at radius 3 is 2.90 bits per heavy atom. The molecule has 0 bridgehead atoms. The Bertz CT molecular complexity index is 1590. The molecule has 6 rings (SSSR count). The van der Waals surface area contributed by atoms with Crippen LogP contribution in [0.1, 0.15) is 72.0 Å². The van der Waals surface area contributed by atoms with E-state index in [0.29, 0.717) is 29.6 Å². The molecule has 3 aromatic heterocycles. The smallest absolute Gasteiger partial charge is 0.274 e. The number of carbonyl (C=O) groups excluding carboxylic acids is 1. The zero-order valence-corrected chi connectivity index (χ0v) is 23.4. The molecular formula is C31H36N8O. The van der Waals surface area contributed by atoms with Gasteiger partial charge in [-0.2, -0.15) is 5.26 Å². The van der Waals surface area contributed by atoms with Crippen molar-refractivity contribution in [3.8, 4) is 6.07 Å². The Hall–Kier alpha value is -4.03. The number of carbonyl (C=O) groups is 1. The summed E-state index contributed by atoms with van der Waals surface area (Å²) < 4.78 is 1.96. The Morgan fingerprint density at radius 2 is 2.15 bits per heavy atom. The Balaban J connectivity index is 1.28. The molecule has 9 heteroatoms. The summed E-state index contributed by atoms with van der Waals surface area (Å²) in [6.45, 7) is 7.27. The number of likely N-dealkylation sites (tertiary alicyclic amines) is 1. The summed E-state index contributed by atoms with van der Waals surface area (Å²) in [4.78, 5) is 24.2. The zero-order chi connectivity index (χ0) is 27.9. The van der Waals surface area contributed by atoms with Crippen molar-refractivity contribution in [2.45, 2.75) is 57.9 Å². The fourth-order valence-electron chi connectivity index (χ4n) is 6.76. The van der Waals surface area contributed by atoms with Crippen LogP contribution in [0.15, 0.2) is 42.9 Å². The minimum atomic E-state index is -0.328. The van der Waals surface area contributed by atoms with E-state index >= 15 is 0 Å². The number of benzene rings is 1. The molecule has 2 aliphatic rings. The maximum Gasteiger partial charge on any atom is 0.274 e. The Morgan fingerprint density at radius 1 is 1.30 bits per heavy atom. The number of piperidine rings is 1. The topological polar surface area (TPSA) is 116 Å². The lowest BCUT2D eigenvalue weighted by Gasteiger charge is -2.46. The third-order valence-electron chi connectivity index (χ3n) is 8.74. The first-order valence-corrected chi connectivity index (χ1v) is 14.2. The van der Waals surface area contributed by atoms with Crippen molar-refractivity contribution in [3.63, 3.8) is 0 Å². The number of amides is 1. The number of nitrogens with zero attached hydrogens (tertiary/aromatic N) is 6. The quantitative estimate of drug-likeness (QED) is 0.340. The maximum absolute atomic E-state index is 13.6. The molecule has 0 spiro atoms. The number of nitrogens with one attached hydrogen (secondary N) is 2. The summed E-state index contributed by atoms with van der Waals surface area (Å²) in [5.41, 5.74) is 5.87. The molecule has 2 N–H and O–H groups in total. The maximum atomic E-state index is 13.6. The fraction of sp³-hybridized carbons (Fsp3) is 0.452. The second-order valence-electron chi connectivity index (χ2n) is 11.9. The van der Waals surface area contributed by atoms with E-state index < -0.39 is 0 Å². The minimum absolute atomic E-state index is 0.225. The molecule has 0 unspecified atom stereocenters. The number of hydrogen-bond donors (Lipinski definition) is 2. The summed E-state index contributed by atoms with van der Waals surface area (Å²) in [6, 6.07) is 12.2. The standard InChI is InChI=1S/C31H36N8O/c1-20-6-5-11-39(17-20)18-23-12-26(36-27-21(2)16-33-28(23)27)29(40)35-25-8-4-7-24(13-25)31(14-22(15-31)9-10-32)30-37-34-19-38(30)3/h4,7-8,12-13,16,19-20,22,33H,5-6,9,11,14-15,17-18H2,1-3H3,(H,35,40)/t20-,22?,31?/m0/s1. The van der Waals surface area contributed by atoms with Crippen LogP contribution < -0.4 is 5.32 Å². The monoisotopic (exact) mass is 536 g/mol. The number of fused-ring (bicyclic) bond motifs is 1. The number of aryl methyl sites for hydroxylation is 2. The van der Waals surface area contributed by atoms with Crippen LogP contribution in [0.2, 0.25) is 0 Å². The lowest BCUT2D eigenvalue weighted by Crippen LogP contribution is -2.44. The highest BCUT2D eigenvalue weighted by Gasteiger charge is 2.49. The van der Waals surface area contributed by atoms with Crippen LogP contribution in [-0.2, 0) is 19.0 Å². The molecule has 1 saturated carbocycles. The van der Waals surface area contributed by atoms with Gasteiger partial charge in [0.15, 0.2) is 0 Å². The highest BCUT2D eigenvalue weighted by molar-refractivity contribution is 6.04. The van der Waals surface area contributed by atoms with Gasteiger partial charge in [0.25, 0.3) is 5.91 Å². The van der Waals surface area contributed by atoms with E-state index in [4.69, 9.17) is 4.98 Å². The number of aromatic nitrogens is 5. The predicted octanol–water partition coefficient (Wildman–Crippen LogP) is 5.09. The molecule has 40 heavy (non-hydrogen) atoms. The third-order valence-corrected chi connectivity index (χ3v) is 8.74. The molecular weight excluding hydrogens is 500 g/mol. The molecule has 206 valence electrons. The minimum Gasteiger partial charge on any atom is -0.359 e. The number of hydrogen-bond acceptors (Lipinski definition) is 6. The lowest BCUT2D eigenvalue weighted by molar-refractivity contribution is 0.102. The normalized spacial score (nSPS) is 23.1. The number of anilines is 1. The molecule has 1 amide bonds. The van der Waals surface area contributed by atoms with Gasteiger partial charge in [0, 0.05) is 38.4 Å². The van der Waals surface area contributed by atoms with Crippen LogP contribution in [0.3, 0.4) is 0 Å². The fourth-order valence-corrected chi connectivity index (χ4v) is 6.76. The first-order chi connectivity index (χ1) is 19.4. The molecule has 0 radical (unpaired) electrons. The van der Waals surface area contributed by atoms with E-state index in [-0.39, 0.29) is 11.3 Å². The number of H-pyrrole nitrogens is 1. The summed E-state index contributed by atoms with van der Waals surface area (Å²) in [5, 5.41) is 20.9. The molecule has 1 atom stereocenters. The number of rotatable bonds is 7. The van der Waals surface area contributed by atoms with Gasteiger partial charge in [0.05, 0.1) is 22.5 Å². The van der Waals surface area contributed by atoms with Gasteiger partial charge in [0.1, 0.15) is 17.8 Å². The van der Waals surface area contributed by atoms with Gasteiger partial charge in [-0.05, 0) is 85.9 Å². The summed E-state index contributed by atoms with van der Waals surface area (Å²) in [5.74, 6) is 1.66. The molecule has 1 saturated heterocycles. The number of aromatic amines is 1. The summed E-state index contributed by atoms with van der Waals surface area (Å²) in [6.07, 6.45) is 8.34. The third kappa shape index (κ3) is 4.77. The van der Waals surface area contributed by atoms with Crippen LogP contribution in [0.5, 0.6) is 0 Å². The van der Waals surface area contributed by atoms with Crippen molar-refractivity contribution < 1.29 is 4.79 Å². The highest BCUT2D eigenvalue weighted by Crippen LogP contribution is 2.53. The van der Waals surface area contributed by atoms with Gasteiger partial charge in [-0.25, -0.2) is 4.98 Å². The van der Waals surface area contributed by atoms with Crippen LogP contribution in [0.25, 0.3) is 11.0 Å². The second-order valence-corrected chi connectivity index (χ2v) is 11.9. The van der Waals surface area contributed by atoms with Crippen LogP contribution in [0.4, 0.5) is 5.69 Å². The van der Waals surface area contributed by atoms with Gasteiger partial charge < -0.3 is 14.9 Å². The van der Waals surface area contributed by atoms with Crippen molar-refractivity contribution in [2.75, 3.05) is 18.4 Å². The van der Waals surface area contributed by atoms with Gasteiger partial charge in [0.2, 0.25) is 0 Å². The van der Waals surface area contributed by atoms with Gasteiger partial charge >= 0.3 is 0 Å². The van der Waals surface area contributed by atoms with Crippen molar-refractivity contribution in [3.05, 3.63) is 71.1 Å². The summed E-state index contributed by atoms with van der Waals surface area (Å²) in [7, 11) is 1.95. The zero-order valence-electron chi connectivity index (χ0n) is 23.4. The summed E-state index contributed by atoms with van der Waals surface area (Å²) >= 11 is 0. The van der Waals surface area contributed by atoms with Crippen molar-refractivity contribution >= 4 is 22.6 Å². The van der Waals surface area contributed by atoms with Gasteiger partial charge in [-0.1, -0.05) is 19.1 Å². The largest absolute Gasteiger partial charge is 0.359 e. The van der Waals surface area contributed by atoms with E-state index in [2.05, 4.69) is 44.5 Å². The predicted molar refractivity (Wildman–Crippen MR) is 154 cm³/mol. The van der Waals surface area contributed by atoms with E-state index in [1.807, 2.05) is 49.0 Å². The van der Waals surface area contributed by atoms with E-state index in [1.54, 1.807) is 6.33 Å². The highest BCUT2D eigenvalue weighted by atomic mass is 16.1. The average Bonchev–Trinajstić information content (AvgIpc) is 3.52. The van der Waals surface area contributed by atoms with Crippen LogP contribution in [-0.4, -0.2) is 48.6 Å². The van der Waals surface area contributed by atoms with Crippen LogP contribution in [0, 0.1) is 30.1 Å². The average molecular weight is 537 g/mol. The molecule has 4 aromatic rings. The number of pyridine rings is 1. The van der Waals surface area contributed by atoms with Crippen LogP contribution >= 0.6 is 0 Å². The lowest BCUT2D eigenvalue weighted by atomic mass is 9.57.